The van der Waals surface area contributed by atoms with E-state index in [4.69, 9.17) is 9.84 Å². The molecular formula is C34H64O4. The molecule has 1 atom stereocenters. The fourth-order valence-electron chi connectivity index (χ4n) is 5.01. The maximum absolute atomic E-state index is 12.4. The molecule has 0 amide bonds. The largest absolute Gasteiger partial charge is 0.481 e. The lowest BCUT2D eigenvalue weighted by atomic mass is 10.0. The molecule has 0 saturated heterocycles. The quantitative estimate of drug-likeness (QED) is 0.0563. The van der Waals surface area contributed by atoms with Crippen molar-refractivity contribution >= 4 is 11.9 Å². The zero-order valence-corrected chi connectivity index (χ0v) is 25.5. The standard InChI is InChI=1S/C34H64O4/c1-3-5-7-9-11-13-15-16-18-20-22-24-26-31-34(37)38-32(29-27-30-33(35)36)28-25-23-21-19-17-14-12-10-8-6-4-2/h13,15,32H,3-12,14,16-31H2,1-2H3,(H,35,36)/b15-13+. The molecule has 0 spiro atoms. The van der Waals surface area contributed by atoms with Gasteiger partial charge in [-0.05, 0) is 57.8 Å². The van der Waals surface area contributed by atoms with Crippen molar-refractivity contribution in [1.29, 1.82) is 0 Å². The Bertz CT molecular complexity index is 543. The average Bonchev–Trinajstić information content (AvgIpc) is 2.89. The van der Waals surface area contributed by atoms with Crippen LogP contribution in [0, 0.1) is 0 Å². The zero-order chi connectivity index (χ0) is 27.9. The van der Waals surface area contributed by atoms with Crippen LogP contribution in [0.25, 0.3) is 0 Å². The van der Waals surface area contributed by atoms with E-state index < -0.39 is 5.97 Å². The first-order valence-electron chi connectivity index (χ1n) is 16.7. The summed E-state index contributed by atoms with van der Waals surface area (Å²) in [4.78, 5) is 23.3. The van der Waals surface area contributed by atoms with Crippen LogP contribution in [-0.2, 0) is 14.3 Å². The molecule has 0 bridgehead atoms. The van der Waals surface area contributed by atoms with Crippen LogP contribution in [0.5, 0.6) is 0 Å². The van der Waals surface area contributed by atoms with E-state index in [-0.39, 0.29) is 18.5 Å². The smallest absolute Gasteiger partial charge is 0.306 e. The fourth-order valence-corrected chi connectivity index (χ4v) is 5.01. The average molecular weight is 537 g/mol. The molecule has 0 aromatic carbocycles. The van der Waals surface area contributed by atoms with E-state index >= 15 is 0 Å². The van der Waals surface area contributed by atoms with Gasteiger partial charge in [0, 0.05) is 12.8 Å². The van der Waals surface area contributed by atoms with Crippen molar-refractivity contribution in [3.63, 3.8) is 0 Å². The minimum Gasteiger partial charge on any atom is -0.481 e. The van der Waals surface area contributed by atoms with Crippen LogP contribution in [0.1, 0.15) is 187 Å². The van der Waals surface area contributed by atoms with Crippen LogP contribution in [-0.4, -0.2) is 23.1 Å². The first-order chi connectivity index (χ1) is 18.6. The van der Waals surface area contributed by atoms with Crippen molar-refractivity contribution in [1.82, 2.24) is 0 Å². The van der Waals surface area contributed by atoms with Crippen molar-refractivity contribution in [2.45, 2.75) is 193 Å². The molecule has 0 aromatic rings. The highest BCUT2D eigenvalue weighted by molar-refractivity contribution is 5.69. The Kier molecular flexibility index (Phi) is 29.2. The summed E-state index contributed by atoms with van der Waals surface area (Å²) in [6.45, 7) is 4.51. The Hall–Kier alpha value is -1.32. The van der Waals surface area contributed by atoms with E-state index in [0.717, 1.165) is 25.7 Å². The predicted octanol–water partition coefficient (Wildman–Crippen LogP) is 11.1. The Morgan fingerprint density at radius 1 is 0.553 bits per heavy atom. The van der Waals surface area contributed by atoms with Crippen molar-refractivity contribution in [2.75, 3.05) is 0 Å². The molecule has 0 heterocycles. The van der Waals surface area contributed by atoms with E-state index in [1.165, 1.54) is 122 Å². The van der Waals surface area contributed by atoms with Gasteiger partial charge in [0.25, 0.3) is 0 Å². The third-order valence-electron chi connectivity index (χ3n) is 7.49. The number of hydrogen-bond acceptors (Lipinski definition) is 3. The number of hydrogen-bond donors (Lipinski definition) is 1. The molecule has 0 radical (unpaired) electrons. The molecular weight excluding hydrogens is 472 g/mol. The van der Waals surface area contributed by atoms with Gasteiger partial charge in [0.05, 0.1) is 0 Å². The van der Waals surface area contributed by atoms with Crippen molar-refractivity contribution in [3.8, 4) is 0 Å². The van der Waals surface area contributed by atoms with Gasteiger partial charge in [-0.2, -0.15) is 0 Å². The number of carbonyl (C=O) groups is 2. The molecule has 4 nitrogen and oxygen atoms in total. The van der Waals surface area contributed by atoms with Crippen LogP contribution in [0.15, 0.2) is 12.2 Å². The van der Waals surface area contributed by atoms with Gasteiger partial charge in [0.1, 0.15) is 6.10 Å². The van der Waals surface area contributed by atoms with Gasteiger partial charge in [-0.1, -0.05) is 129 Å². The lowest BCUT2D eigenvalue weighted by Crippen LogP contribution is -2.18. The van der Waals surface area contributed by atoms with Crippen LogP contribution in [0.3, 0.4) is 0 Å². The maximum atomic E-state index is 12.4. The summed E-state index contributed by atoms with van der Waals surface area (Å²) >= 11 is 0. The number of carboxylic acid groups (broad SMARTS) is 1. The number of aliphatic carboxylic acids is 1. The van der Waals surface area contributed by atoms with E-state index in [1.54, 1.807) is 0 Å². The highest BCUT2D eigenvalue weighted by Gasteiger charge is 2.15. The zero-order valence-electron chi connectivity index (χ0n) is 25.5. The lowest BCUT2D eigenvalue weighted by molar-refractivity contribution is -0.150. The van der Waals surface area contributed by atoms with Crippen LogP contribution in [0.2, 0.25) is 0 Å². The van der Waals surface area contributed by atoms with Crippen LogP contribution >= 0.6 is 0 Å². The van der Waals surface area contributed by atoms with Crippen molar-refractivity contribution in [2.24, 2.45) is 0 Å². The van der Waals surface area contributed by atoms with Gasteiger partial charge in [0.15, 0.2) is 0 Å². The maximum Gasteiger partial charge on any atom is 0.306 e. The molecule has 0 saturated carbocycles. The molecule has 0 rings (SSSR count). The molecule has 1 N–H and O–H groups in total. The molecule has 0 aromatic heterocycles. The highest BCUT2D eigenvalue weighted by Crippen LogP contribution is 2.18. The van der Waals surface area contributed by atoms with Gasteiger partial charge >= 0.3 is 11.9 Å². The summed E-state index contributed by atoms with van der Waals surface area (Å²) in [5.41, 5.74) is 0. The topological polar surface area (TPSA) is 63.6 Å². The fraction of sp³-hybridized carbons (Fsp3) is 0.882. The second kappa shape index (κ2) is 30.2. The monoisotopic (exact) mass is 536 g/mol. The minimum atomic E-state index is -0.771. The van der Waals surface area contributed by atoms with Gasteiger partial charge in [-0.15, -0.1) is 0 Å². The Balaban J connectivity index is 3.87. The van der Waals surface area contributed by atoms with Gasteiger partial charge < -0.3 is 9.84 Å². The van der Waals surface area contributed by atoms with E-state index in [1.807, 2.05) is 0 Å². The first-order valence-corrected chi connectivity index (χ1v) is 16.7. The second-order valence-corrected chi connectivity index (χ2v) is 11.3. The summed E-state index contributed by atoms with van der Waals surface area (Å²) < 4.78 is 5.79. The molecule has 4 heteroatoms. The van der Waals surface area contributed by atoms with Gasteiger partial charge in [-0.25, -0.2) is 0 Å². The highest BCUT2D eigenvalue weighted by atomic mass is 16.5. The van der Waals surface area contributed by atoms with Crippen molar-refractivity contribution < 1.29 is 19.4 Å². The number of unbranched alkanes of at least 4 members (excludes halogenated alkanes) is 19. The molecule has 0 aliphatic carbocycles. The van der Waals surface area contributed by atoms with E-state index in [2.05, 4.69) is 26.0 Å². The summed E-state index contributed by atoms with van der Waals surface area (Å²) in [5, 5.41) is 8.96. The third-order valence-corrected chi connectivity index (χ3v) is 7.49. The molecule has 0 fully saturated rings. The van der Waals surface area contributed by atoms with Crippen LogP contribution < -0.4 is 0 Å². The Labute approximate surface area is 236 Å². The molecule has 1 unspecified atom stereocenters. The summed E-state index contributed by atoms with van der Waals surface area (Å²) in [6, 6.07) is 0. The van der Waals surface area contributed by atoms with Gasteiger partial charge in [-0.3, -0.25) is 9.59 Å². The number of carbonyl (C=O) groups excluding carboxylic acids is 1. The lowest BCUT2D eigenvalue weighted by Gasteiger charge is -2.18. The molecule has 224 valence electrons. The molecule has 38 heavy (non-hydrogen) atoms. The Morgan fingerprint density at radius 3 is 1.50 bits per heavy atom. The Morgan fingerprint density at radius 2 is 0.974 bits per heavy atom. The second-order valence-electron chi connectivity index (χ2n) is 11.3. The number of carboxylic acids is 1. The third kappa shape index (κ3) is 29.2. The number of allylic oxidation sites excluding steroid dienone is 2. The summed E-state index contributed by atoms with van der Waals surface area (Å²) in [5.74, 6) is -0.869. The number of esters is 1. The number of rotatable bonds is 30. The van der Waals surface area contributed by atoms with E-state index in [9.17, 15) is 9.59 Å². The predicted molar refractivity (Wildman–Crippen MR) is 163 cm³/mol. The summed E-state index contributed by atoms with van der Waals surface area (Å²) in [7, 11) is 0. The van der Waals surface area contributed by atoms with Gasteiger partial charge in [0.2, 0.25) is 0 Å². The molecule has 0 aliphatic heterocycles. The number of ether oxygens (including phenoxy) is 1. The van der Waals surface area contributed by atoms with E-state index in [0.29, 0.717) is 19.3 Å². The van der Waals surface area contributed by atoms with Crippen LogP contribution in [0.4, 0.5) is 0 Å². The minimum absolute atomic E-state index is 0.0978. The normalized spacial score (nSPS) is 12.3. The first kappa shape index (κ1) is 36.7. The van der Waals surface area contributed by atoms with Crippen molar-refractivity contribution in [3.05, 3.63) is 12.2 Å². The molecule has 0 aliphatic rings. The SMILES string of the molecule is CCCCCC/C=C/CCCCCCCC(=O)OC(CCCCCCCCCCCCC)CCCC(=O)O. The summed E-state index contributed by atoms with van der Waals surface area (Å²) in [6.07, 6.45) is 35.0.